The van der Waals surface area contributed by atoms with E-state index in [9.17, 15) is 14.7 Å². The first-order valence-electron chi connectivity index (χ1n) is 13.0. The zero-order chi connectivity index (χ0) is 29.7. The number of hydrogen-bond acceptors (Lipinski definition) is 10. The van der Waals surface area contributed by atoms with Gasteiger partial charge >= 0.3 is 29.6 Å². The van der Waals surface area contributed by atoms with Gasteiger partial charge in [-0.15, -0.1) is 0 Å². The SMILES string of the molecule is COc1ccc(C(=O)/C(Cc2cc(OC)c(OC(C)C)c(OC(C)C)c2)=C(/C(=O)[O-])c2ccc3nsnc3c2)cc1.[Na+]. The molecule has 11 heteroatoms. The molecule has 0 aliphatic carbocycles. The maximum Gasteiger partial charge on any atom is 1.00 e. The van der Waals surface area contributed by atoms with Crippen LogP contribution in [0.15, 0.2) is 60.2 Å². The summed E-state index contributed by atoms with van der Waals surface area (Å²) in [5.41, 5.74) is 2.09. The van der Waals surface area contributed by atoms with Gasteiger partial charge in [0.1, 0.15) is 16.8 Å². The minimum absolute atomic E-state index is 0. The zero-order valence-electron chi connectivity index (χ0n) is 24.7. The average molecular weight is 599 g/mol. The fourth-order valence-electron chi connectivity index (χ4n) is 4.33. The van der Waals surface area contributed by atoms with E-state index < -0.39 is 11.8 Å². The van der Waals surface area contributed by atoms with Crippen molar-refractivity contribution in [1.29, 1.82) is 0 Å². The number of ketones is 1. The van der Waals surface area contributed by atoms with Gasteiger partial charge in [-0.3, -0.25) is 4.79 Å². The number of Topliss-reactive ketones (excluding diaryl/α,β-unsaturated/α-hetero) is 1. The van der Waals surface area contributed by atoms with E-state index in [0.717, 1.165) is 11.7 Å². The summed E-state index contributed by atoms with van der Waals surface area (Å²) in [6, 6.07) is 14.8. The molecule has 214 valence electrons. The van der Waals surface area contributed by atoms with Gasteiger partial charge in [-0.25, -0.2) is 0 Å². The molecule has 9 nitrogen and oxygen atoms in total. The molecule has 0 fully saturated rings. The van der Waals surface area contributed by atoms with Gasteiger partial charge < -0.3 is 28.8 Å². The van der Waals surface area contributed by atoms with Crippen molar-refractivity contribution in [2.45, 2.75) is 46.3 Å². The van der Waals surface area contributed by atoms with E-state index >= 15 is 0 Å². The van der Waals surface area contributed by atoms with Gasteiger partial charge in [0, 0.05) is 23.1 Å². The number of hydrogen-bond donors (Lipinski definition) is 0. The van der Waals surface area contributed by atoms with E-state index in [-0.39, 0.29) is 64.9 Å². The second-order valence-electron chi connectivity index (χ2n) is 9.80. The number of carboxylic acid groups (broad SMARTS) is 1. The Hall–Kier alpha value is -3.44. The molecule has 42 heavy (non-hydrogen) atoms. The molecule has 0 aliphatic rings. The topological polar surface area (TPSA) is 120 Å². The van der Waals surface area contributed by atoms with Crippen LogP contribution in [-0.4, -0.2) is 46.9 Å². The standard InChI is InChI=1S/C31H32N2O7S.Na/c1-17(2)39-27-15-19(14-26(38-6)30(27)40-18(3)4)13-23(29(34)20-7-10-22(37-5)11-8-20)28(31(35)36)21-9-12-24-25(16-21)33-41-32-24;/h7-12,14-18H,13H2,1-6H3,(H,35,36);/q;+1/p-1/b28-23+;. The van der Waals surface area contributed by atoms with Crippen molar-refractivity contribution in [2.75, 3.05) is 14.2 Å². The van der Waals surface area contributed by atoms with E-state index in [4.69, 9.17) is 18.9 Å². The van der Waals surface area contributed by atoms with Crippen LogP contribution in [0, 0.1) is 0 Å². The molecule has 0 atom stereocenters. The van der Waals surface area contributed by atoms with Gasteiger partial charge in [0.05, 0.1) is 44.1 Å². The number of benzene rings is 3. The van der Waals surface area contributed by atoms with Crippen LogP contribution in [-0.2, 0) is 11.2 Å². The quantitative estimate of drug-likeness (QED) is 0.137. The largest absolute Gasteiger partial charge is 1.00 e. The molecular formula is C31H31N2NaO7S. The molecule has 0 saturated carbocycles. The molecule has 0 saturated heterocycles. The molecule has 4 rings (SSSR count). The first kappa shape index (κ1) is 33.1. The van der Waals surface area contributed by atoms with E-state index in [2.05, 4.69) is 8.75 Å². The van der Waals surface area contributed by atoms with Crippen molar-refractivity contribution in [3.8, 4) is 23.0 Å². The maximum absolute atomic E-state index is 14.0. The number of carboxylic acids is 1. The van der Waals surface area contributed by atoms with Crippen LogP contribution in [0.25, 0.3) is 16.6 Å². The molecular weight excluding hydrogens is 567 g/mol. The molecule has 0 bridgehead atoms. The minimum atomic E-state index is -1.49. The number of aliphatic carboxylic acids is 1. The third kappa shape index (κ3) is 7.69. The van der Waals surface area contributed by atoms with Crippen LogP contribution in [0.3, 0.4) is 0 Å². The summed E-state index contributed by atoms with van der Waals surface area (Å²) in [4.78, 5) is 26.7. The van der Waals surface area contributed by atoms with E-state index in [1.165, 1.54) is 14.2 Å². The van der Waals surface area contributed by atoms with Gasteiger partial charge in [-0.05, 0) is 87.4 Å². The Bertz CT molecular complexity index is 1600. The van der Waals surface area contributed by atoms with Gasteiger partial charge in [-0.1, -0.05) is 6.07 Å². The van der Waals surface area contributed by atoms with E-state index in [1.54, 1.807) is 54.6 Å². The number of nitrogens with zero attached hydrogens (tertiary/aromatic N) is 2. The molecule has 0 unspecified atom stereocenters. The number of methoxy groups -OCH3 is 2. The van der Waals surface area contributed by atoms with E-state index in [1.807, 2.05) is 27.7 Å². The van der Waals surface area contributed by atoms with Gasteiger partial charge in [-0.2, -0.15) is 8.75 Å². The normalized spacial score (nSPS) is 11.6. The molecule has 0 amide bonds. The number of aromatic nitrogens is 2. The van der Waals surface area contributed by atoms with Gasteiger partial charge in [0.15, 0.2) is 17.3 Å². The summed E-state index contributed by atoms with van der Waals surface area (Å²) in [6.45, 7) is 7.55. The number of allylic oxidation sites excluding steroid dienone is 1. The smallest absolute Gasteiger partial charge is 0.545 e. The second kappa shape index (κ2) is 14.6. The van der Waals surface area contributed by atoms with Gasteiger partial charge in [0.2, 0.25) is 5.75 Å². The third-order valence-electron chi connectivity index (χ3n) is 6.07. The fraction of sp³-hybridized carbons (Fsp3) is 0.290. The maximum atomic E-state index is 14.0. The Morgan fingerprint density at radius 2 is 1.43 bits per heavy atom. The Balaban J connectivity index is 0.00000484. The van der Waals surface area contributed by atoms with Crippen molar-refractivity contribution in [1.82, 2.24) is 8.75 Å². The summed E-state index contributed by atoms with van der Waals surface area (Å²) < 4.78 is 31.3. The van der Waals surface area contributed by atoms with Crippen molar-refractivity contribution < 1.29 is 63.2 Å². The summed E-state index contributed by atoms with van der Waals surface area (Å²) in [7, 11) is 3.03. The Kier molecular flexibility index (Phi) is 11.5. The van der Waals surface area contributed by atoms with Gasteiger partial charge in [0.25, 0.3) is 0 Å². The van der Waals surface area contributed by atoms with Crippen LogP contribution >= 0.6 is 11.7 Å². The Labute approximate surface area is 271 Å². The molecule has 0 spiro atoms. The molecule has 1 heterocycles. The monoisotopic (exact) mass is 598 g/mol. The van der Waals surface area contributed by atoms with Crippen LogP contribution in [0.4, 0.5) is 0 Å². The number of carbonyl (C=O) groups is 2. The van der Waals surface area contributed by atoms with Crippen molar-refractivity contribution >= 4 is 40.1 Å². The third-order valence-corrected chi connectivity index (χ3v) is 6.63. The van der Waals surface area contributed by atoms with Crippen molar-refractivity contribution in [3.05, 3.63) is 76.9 Å². The predicted octanol–water partition coefficient (Wildman–Crippen LogP) is 1.92. The molecule has 0 aliphatic heterocycles. The number of fused-ring (bicyclic) bond motifs is 1. The van der Waals surface area contributed by atoms with Crippen LogP contribution in [0.1, 0.15) is 49.2 Å². The Morgan fingerprint density at radius 3 is 2.02 bits per heavy atom. The predicted molar refractivity (Wildman–Crippen MR) is 155 cm³/mol. The summed E-state index contributed by atoms with van der Waals surface area (Å²) in [5.74, 6) is -0.161. The average Bonchev–Trinajstić information content (AvgIpc) is 3.41. The molecule has 4 aromatic rings. The zero-order valence-corrected chi connectivity index (χ0v) is 27.5. The van der Waals surface area contributed by atoms with Crippen LogP contribution < -0.4 is 53.6 Å². The van der Waals surface area contributed by atoms with E-state index in [0.29, 0.717) is 45.2 Å². The van der Waals surface area contributed by atoms with Crippen LogP contribution in [0.2, 0.25) is 0 Å². The number of rotatable bonds is 12. The molecule has 0 N–H and O–H groups in total. The first-order valence-corrected chi connectivity index (χ1v) is 13.7. The fourth-order valence-corrected chi connectivity index (χ4v) is 4.85. The summed E-state index contributed by atoms with van der Waals surface area (Å²) in [6.07, 6.45) is -0.400. The number of carbonyl (C=O) groups excluding carboxylic acids is 2. The minimum Gasteiger partial charge on any atom is -0.545 e. The number of ether oxygens (including phenoxy) is 4. The molecule has 3 aromatic carbocycles. The Morgan fingerprint density at radius 1 is 0.810 bits per heavy atom. The van der Waals surface area contributed by atoms with Crippen molar-refractivity contribution in [2.24, 2.45) is 0 Å². The van der Waals surface area contributed by atoms with Crippen molar-refractivity contribution in [3.63, 3.8) is 0 Å². The van der Waals surface area contributed by atoms with Crippen LogP contribution in [0.5, 0.6) is 23.0 Å². The summed E-state index contributed by atoms with van der Waals surface area (Å²) in [5, 5.41) is 12.7. The second-order valence-corrected chi connectivity index (χ2v) is 10.3. The molecule has 0 radical (unpaired) electrons. The first-order chi connectivity index (χ1) is 19.6. The summed E-state index contributed by atoms with van der Waals surface area (Å²) >= 11 is 1.02. The molecule has 1 aromatic heterocycles.